The number of nitrogens with zero attached hydrogens (tertiary/aromatic N) is 3. The zero-order chi connectivity index (χ0) is 11.7. The smallest absolute Gasteiger partial charge is 0.280 e. The second-order valence-electron chi connectivity index (χ2n) is 4.08. The molecule has 1 aliphatic heterocycles. The molecule has 16 heavy (non-hydrogen) atoms. The molecular formula is C9H14N4O3. The first-order chi connectivity index (χ1) is 7.59. The van der Waals surface area contributed by atoms with Crippen LogP contribution in [0.3, 0.4) is 0 Å². The van der Waals surface area contributed by atoms with Gasteiger partial charge in [-0.3, -0.25) is 4.79 Å². The zero-order valence-corrected chi connectivity index (χ0v) is 8.96. The highest BCUT2D eigenvalue weighted by Crippen LogP contribution is 2.19. The van der Waals surface area contributed by atoms with Crippen LogP contribution in [0.5, 0.6) is 0 Å². The molecule has 0 radical (unpaired) electrons. The van der Waals surface area contributed by atoms with Crippen molar-refractivity contribution in [3.05, 3.63) is 5.69 Å². The van der Waals surface area contributed by atoms with Gasteiger partial charge in [0.2, 0.25) is 11.5 Å². The highest BCUT2D eigenvalue weighted by molar-refractivity contribution is 5.96. The number of hydrogen-bond donors (Lipinski definition) is 2. The van der Waals surface area contributed by atoms with Gasteiger partial charge in [0.25, 0.3) is 5.91 Å². The fourth-order valence-corrected chi connectivity index (χ4v) is 1.81. The minimum atomic E-state index is -0.350. The van der Waals surface area contributed by atoms with Crippen LogP contribution in [0.4, 0.5) is 5.82 Å². The summed E-state index contributed by atoms with van der Waals surface area (Å²) in [5.74, 6) is -0.236. The molecule has 3 N–H and O–H groups in total. The Hall–Kier alpha value is -1.63. The van der Waals surface area contributed by atoms with Crippen LogP contribution in [0.15, 0.2) is 4.63 Å². The largest absolute Gasteiger partial charge is 0.393 e. The lowest BCUT2D eigenvalue weighted by Crippen LogP contribution is -2.45. The molecule has 2 unspecified atom stereocenters. The maximum absolute atomic E-state index is 11.9. The number of carbonyl (C=O) groups is 1. The fraction of sp³-hybridized carbons (Fsp3) is 0.667. The molecule has 0 aliphatic carbocycles. The maximum atomic E-state index is 11.9. The summed E-state index contributed by atoms with van der Waals surface area (Å²) in [6.45, 7) is 2.89. The van der Waals surface area contributed by atoms with Crippen molar-refractivity contribution in [1.82, 2.24) is 15.2 Å². The molecule has 0 aromatic carbocycles. The summed E-state index contributed by atoms with van der Waals surface area (Å²) in [5.41, 5.74) is 5.49. The number of piperidine rings is 1. The van der Waals surface area contributed by atoms with Crippen molar-refractivity contribution in [3.8, 4) is 0 Å². The quantitative estimate of drug-likeness (QED) is 0.668. The number of aromatic nitrogens is 2. The number of nitrogens with two attached hydrogens (primary N) is 1. The summed E-state index contributed by atoms with van der Waals surface area (Å²) in [6, 6.07) is 0. The van der Waals surface area contributed by atoms with Crippen molar-refractivity contribution in [2.24, 2.45) is 5.92 Å². The number of carbonyl (C=O) groups excluding carboxylic acids is 1. The number of amides is 1. The first-order valence-electron chi connectivity index (χ1n) is 5.15. The monoisotopic (exact) mass is 226 g/mol. The first kappa shape index (κ1) is 10.9. The lowest BCUT2D eigenvalue weighted by atomic mass is 9.96. The predicted molar refractivity (Wildman–Crippen MR) is 54.4 cm³/mol. The van der Waals surface area contributed by atoms with E-state index in [-0.39, 0.29) is 29.4 Å². The van der Waals surface area contributed by atoms with Crippen LogP contribution in [0.1, 0.15) is 23.8 Å². The van der Waals surface area contributed by atoms with Crippen molar-refractivity contribution < 1.29 is 14.5 Å². The Kier molecular flexibility index (Phi) is 2.78. The number of anilines is 1. The molecule has 0 bridgehead atoms. The van der Waals surface area contributed by atoms with Crippen molar-refractivity contribution >= 4 is 11.7 Å². The maximum Gasteiger partial charge on any atom is 0.280 e. The lowest BCUT2D eigenvalue weighted by Gasteiger charge is -2.33. The highest BCUT2D eigenvalue weighted by Gasteiger charge is 2.30. The zero-order valence-electron chi connectivity index (χ0n) is 8.96. The van der Waals surface area contributed by atoms with Crippen molar-refractivity contribution in [2.45, 2.75) is 19.4 Å². The van der Waals surface area contributed by atoms with Crippen molar-refractivity contribution in [2.75, 3.05) is 18.8 Å². The summed E-state index contributed by atoms with van der Waals surface area (Å²) in [6.07, 6.45) is 0.217. The van der Waals surface area contributed by atoms with Gasteiger partial charge in [-0.25, -0.2) is 4.63 Å². The molecule has 2 atom stereocenters. The molecule has 1 aromatic rings. The number of likely N-dealkylation sites (tertiary alicyclic amines) is 1. The molecule has 0 spiro atoms. The van der Waals surface area contributed by atoms with Crippen molar-refractivity contribution in [3.63, 3.8) is 0 Å². The van der Waals surface area contributed by atoms with Gasteiger partial charge in [0, 0.05) is 13.1 Å². The molecule has 1 amide bonds. The molecule has 1 aliphatic rings. The number of hydrogen-bond acceptors (Lipinski definition) is 6. The molecule has 2 rings (SSSR count). The highest BCUT2D eigenvalue weighted by atomic mass is 16.6. The van der Waals surface area contributed by atoms with Gasteiger partial charge in [0.1, 0.15) is 0 Å². The molecule has 2 heterocycles. The minimum Gasteiger partial charge on any atom is -0.393 e. The average molecular weight is 226 g/mol. The summed E-state index contributed by atoms with van der Waals surface area (Å²) in [7, 11) is 0. The van der Waals surface area contributed by atoms with Crippen LogP contribution in [0.25, 0.3) is 0 Å². The van der Waals surface area contributed by atoms with Crippen LogP contribution in [-0.4, -0.2) is 45.4 Å². The third-order valence-electron chi connectivity index (χ3n) is 2.86. The van der Waals surface area contributed by atoms with Gasteiger partial charge >= 0.3 is 0 Å². The number of aliphatic hydroxyl groups is 1. The van der Waals surface area contributed by atoms with E-state index in [2.05, 4.69) is 14.9 Å². The Morgan fingerprint density at radius 2 is 2.38 bits per heavy atom. The van der Waals surface area contributed by atoms with E-state index >= 15 is 0 Å². The summed E-state index contributed by atoms with van der Waals surface area (Å²) >= 11 is 0. The summed E-state index contributed by atoms with van der Waals surface area (Å²) < 4.78 is 4.38. The molecular weight excluding hydrogens is 212 g/mol. The van der Waals surface area contributed by atoms with Gasteiger partial charge in [0.15, 0.2) is 0 Å². The Bertz CT molecular complexity index is 392. The topological polar surface area (TPSA) is 105 Å². The Morgan fingerprint density at radius 3 is 2.94 bits per heavy atom. The van der Waals surface area contributed by atoms with E-state index < -0.39 is 0 Å². The van der Waals surface area contributed by atoms with Gasteiger partial charge in [0.05, 0.1) is 6.10 Å². The van der Waals surface area contributed by atoms with Crippen LogP contribution in [-0.2, 0) is 0 Å². The second kappa shape index (κ2) is 4.09. The molecule has 0 saturated carbocycles. The van der Waals surface area contributed by atoms with E-state index in [1.807, 2.05) is 6.92 Å². The average Bonchev–Trinajstić information content (AvgIpc) is 2.67. The van der Waals surface area contributed by atoms with Gasteiger partial charge in [-0.05, 0) is 22.7 Å². The Balaban J connectivity index is 2.09. The van der Waals surface area contributed by atoms with E-state index in [4.69, 9.17) is 5.73 Å². The third kappa shape index (κ3) is 1.85. The molecule has 1 fully saturated rings. The Labute approximate surface area is 92.2 Å². The van der Waals surface area contributed by atoms with E-state index in [1.54, 1.807) is 4.90 Å². The molecule has 7 nitrogen and oxygen atoms in total. The normalized spacial score (nSPS) is 25.8. The Morgan fingerprint density at radius 1 is 1.62 bits per heavy atom. The molecule has 88 valence electrons. The van der Waals surface area contributed by atoms with E-state index in [1.165, 1.54) is 0 Å². The van der Waals surface area contributed by atoms with Crippen LogP contribution in [0.2, 0.25) is 0 Å². The molecule has 1 aromatic heterocycles. The van der Waals surface area contributed by atoms with Gasteiger partial charge in [-0.1, -0.05) is 6.92 Å². The van der Waals surface area contributed by atoms with Crippen molar-refractivity contribution in [1.29, 1.82) is 0 Å². The number of aliphatic hydroxyl groups excluding tert-OH is 1. The van der Waals surface area contributed by atoms with Crippen LogP contribution >= 0.6 is 0 Å². The number of rotatable bonds is 1. The molecule has 7 heteroatoms. The standard InChI is InChI=1S/C9H14N4O3/c1-5-4-13(3-2-6(5)14)9(15)7-8(10)12-16-11-7/h5-6,14H,2-4H2,1H3,(H2,10,12). The lowest BCUT2D eigenvalue weighted by molar-refractivity contribution is 0.0292. The van der Waals surface area contributed by atoms with Crippen LogP contribution in [0, 0.1) is 5.92 Å². The van der Waals surface area contributed by atoms with E-state index in [9.17, 15) is 9.90 Å². The third-order valence-corrected chi connectivity index (χ3v) is 2.86. The van der Waals surface area contributed by atoms with Gasteiger partial charge < -0.3 is 15.7 Å². The van der Waals surface area contributed by atoms with Gasteiger partial charge in [-0.2, -0.15) is 0 Å². The number of nitrogen functional groups attached to an aromatic ring is 1. The van der Waals surface area contributed by atoms with E-state index in [0.717, 1.165) is 0 Å². The SMILES string of the molecule is CC1CN(C(=O)c2nonc2N)CCC1O. The van der Waals surface area contributed by atoms with E-state index in [0.29, 0.717) is 19.5 Å². The second-order valence-corrected chi connectivity index (χ2v) is 4.08. The van der Waals surface area contributed by atoms with Gasteiger partial charge in [-0.15, -0.1) is 0 Å². The molecule has 1 saturated heterocycles. The first-order valence-corrected chi connectivity index (χ1v) is 5.15. The van der Waals surface area contributed by atoms with Crippen LogP contribution < -0.4 is 5.73 Å². The summed E-state index contributed by atoms with van der Waals surface area (Å²) in [4.78, 5) is 13.5. The summed E-state index contributed by atoms with van der Waals surface area (Å²) in [5, 5.41) is 16.4. The minimum absolute atomic E-state index is 0.00350. The fourth-order valence-electron chi connectivity index (χ4n) is 1.81. The predicted octanol–water partition coefficient (Wildman–Crippen LogP) is -0.505.